The van der Waals surface area contributed by atoms with Gasteiger partial charge in [-0.3, -0.25) is 8.98 Å². The van der Waals surface area contributed by atoms with E-state index >= 15 is 0 Å². The van der Waals surface area contributed by atoms with Crippen LogP contribution in [-0.4, -0.2) is 184 Å². The second kappa shape index (κ2) is 55.8. The Hall–Kier alpha value is -3.45. The van der Waals surface area contributed by atoms with Crippen molar-refractivity contribution in [3.05, 3.63) is 36.5 Å². The molecule has 3 amide bonds. The van der Waals surface area contributed by atoms with Gasteiger partial charge < -0.3 is 72.6 Å². The number of alkyl carbamates (subject to hydrolysis) is 3. The minimum atomic E-state index is -4.92. The maximum atomic E-state index is 11.8. The van der Waals surface area contributed by atoms with Crippen LogP contribution >= 0.6 is 11.6 Å². The van der Waals surface area contributed by atoms with Gasteiger partial charge in [0.1, 0.15) is 51.8 Å². The molecule has 0 aromatic carbocycles. The normalized spacial score (nSPS) is 14.1. The number of carbonyl (C=O) groups is 7. The SMILES string of the molecule is C=C(C)C(=O)OCCNC(=O)OC(C)COC(=O)C(C)(C)CC.C=C(C)C(=O)OCCNC(=O)OC(COCC(C)CC)COS(=O)(=O)[O-].C=C(C)C(=O)OCCNC(=O)OCCOCC(C)CC.CCC(C)COCC1CO1.CCC(C)Cl.[K+]. The monoisotopic (exact) mass is 1290 g/mol. The van der Waals surface area contributed by atoms with Crippen molar-refractivity contribution >= 4 is 64.2 Å². The standard InChI is InChI=1S/C16H27NO6.C15H27NO9S.C14H25NO5.C8H16O2.C4H9Cl.K/c1-7-16(5,6)14(19)22-10-12(4)23-15(20)17-8-9-21-13(18)11(2)3;1-5-12(4)8-22-9-13(10-24-26(19,20)21)25-15(18)16-6-7-23-14(17)11(2)3;1-5-12(4)10-18-8-9-20-14(17)15-6-7-19-13(16)11(2)3;1-3-7(2)4-9-5-8-6-10-8;1-3-4(2)5;/h12H,2,7-10H2,1,3-6H3,(H,17,20);12-13H,2,5-10H2,1,3-4H3,(H,16,18)(H,19,20,21);12H,2,5-10H2,1,3-4H3,(H,15,17);7-8H,3-6H2,1-2H3;4H,3H2,1-2H3;/q;;;;;+1/p-1. The molecular formula is C57H103ClKN3O22S. The van der Waals surface area contributed by atoms with Gasteiger partial charge in [-0.25, -0.2) is 37.2 Å². The zero-order chi connectivity index (χ0) is 65.3. The Labute approximate surface area is 554 Å². The van der Waals surface area contributed by atoms with E-state index in [4.69, 9.17) is 63.7 Å². The van der Waals surface area contributed by atoms with E-state index < -0.39 is 70.8 Å². The number of epoxide rings is 1. The van der Waals surface area contributed by atoms with Crippen LogP contribution in [0.3, 0.4) is 0 Å². The Morgan fingerprint density at radius 1 is 0.576 bits per heavy atom. The molecule has 0 spiro atoms. The summed E-state index contributed by atoms with van der Waals surface area (Å²) in [7, 11) is -4.92. The molecule has 1 aliphatic rings. The topological polar surface area (TPSA) is 327 Å². The van der Waals surface area contributed by atoms with Gasteiger partial charge in [-0.2, -0.15) is 0 Å². The van der Waals surface area contributed by atoms with Crippen molar-refractivity contribution in [1.82, 2.24) is 16.0 Å². The number of halogens is 1. The van der Waals surface area contributed by atoms with E-state index in [2.05, 4.69) is 74.5 Å². The molecule has 492 valence electrons. The van der Waals surface area contributed by atoms with Crippen molar-refractivity contribution < 1.29 is 154 Å². The van der Waals surface area contributed by atoms with Crippen LogP contribution < -0.4 is 67.3 Å². The van der Waals surface area contributed by atoms with Gasteiger partial charge in [-0.05, 0) is 79.1 Å². The average molecular weight is 1290 g/mol. The first-order chi connectivity index (χ1) is 39.2. The number of nitrogens with one attached hydrogen (secondary N) is 3. The van der Waals surface area contributed by atoms with Gasteiger partial charge in [-0.15, -0.1) is 11.6 Å². The maximum Gasteiger partial charge on any atom is 1.00 e. The van der Waals surface area contributed by atoms with Gasteiger partial charge in [0.25, 0.3) is 0 Å². The first-order valence-electron chi connectivity index (χ1n) is 28.2. The summed E-state index contributed by atoms with van der Waals surface area (Å²) in [5, 5.41) is 7.56. The summed E-state index contributed by atoms with van der Waals surface area (Å²) in [6.07, 6.45) is 1.48. The minimum Gasteiger partial charge on any atom is -0.726 e. The molecule has 0 saturated carbocycles. The number of hydrogen-bond acceptors (Lipinski definition) is 22. The zero-order valence-electron chi connectivity index (χ0n) is 53.8. The molecular weight excluding hydrogens is 1190 g/mol. The number of alkyl halides is 1. The van der Waals surface area contributed by atoms with Crippen molar-refractivity contribution in [2.24, 2.45) is 23.2 Å². The van der Waals surface area contributed by atoms with Gasteiger partial charge in [0.15, 0.2) is 6.10 Å². The predicted octanol–water partition coefficient (Wildman–Crippen LogP) is 5.31. The van der Waals surface area contributed by atoms with Crippen LogP contribution in [0.15, 0.2) is 36.5 Å². The Balaban J connectivity index is -0.000000334. The number of carbonyl (C=O) groups excluding carboxylic acids is 7. The first-order valence-corrected chi connectivity index (χ1v) is 30.0. The van der Waals surface area contributed by atoms with Crippen LogP contribution in [-0.2, 0) is 85.9 Å². The van der Waals surface area contributed by atoms with Crippen LogP contribution in [0.25, 0.3) is 0 Å². The number of amides is 3. The fraction of sp³-hybridized carbons (Fsp3) is 0.772. The van der Waals surface area contributed by atoms with Gasteiger partial charge >= 0.3 is 93.5 Å². The van der Waals surface area contributed by atoms with E-state index in [0.717, 1.165) is 39.1 Å². The second-order valence-corrected chi connectivity index (χ2v) is 22.1. The molecule has 1 fully saturated rings. The molecule has 1 saturated heterocycles. The van der Waals surface area contributed by atoms with E-state index in [1.807, 2.05) is 27.7 Å². The zero-order valence-corrected chi connectivity index (χ0v) is 58.5. The van der Waals surface area contributed by atoms with E-state index in [9.17, 15) is 46.5 Å². The molecule has 25 nitrogen and oxygen atoms in total. The second-order valence-electron chi connectivity index (χ2n) is 20.3. The van der Waals surface area contributed by atoms with Crippen molar-refractivity contribution in [2.75, 3.05) is 106 Å². The molecule has 0 bridgehead atoms. The summed E-state index contributed by atoms with van der Waals surface area (Å²) in [6, 6.07) is 0. The Bertz CT molecular complexity index is 2000. The number of esters is 4. The fourth-order valence-corrected chi connectivity index (χ4v) is 4.69. The Morgan fingerprint density at radius 3 is 1.35 bits per heavy atom. The van der Waals surface area contributed by atoms with E-state index in [1.54, 1.807) is 27.7 Å². The predicted molar refractivity (Wildman–Crippen MR) is 316 cm³/mol. The van der Waals surface area contributed by atoms with Gasteiger partial charge in [0.05, 0.1) is 51.5 Å². The molecule has 0 aromatic heterocycles. The fourth-order valence-electron chi connectivity index (χ4n) is 4.37. The third-order valence-corrected chi connectivity index (χ3v) is 11.8. The van der Waals surface area contributed by atoms with Crippen molar-refractivity contribution in [3.63, 3.8) is 0 Å². The quantitative estimate of drug-likeness (QED) is 0.00811. The summed E-state index contributed by atoms with van der Waals surface area (Å²) in [6.45, 7) is 42.2. The third kappa shape index (κ3) is 63.4. The van der Waals surface area contributed by atoms with Gasteiger partial charge in [-0.1, -0.05) is 94.4 Å². The van der Waals surface area contributed by atoms with Gasteiger partial charge in [0, 0.05) is 41.9 Å². The average Bonchev–Trinajstić information content (AvgIpc) is 4.31. The van der Waals surface area contributed by atoms with Crippen LogP contribution in [0, 0.1) is 23.2 Å². The molecule has 28 heteroatoms. The molecule has 1 rings (SSSR count). The van der Waals surface area contributed by atoms with E-state index in [1.165, 1.54) is 20.3 Å². The van der Waals surface area contributed by atoms with Crippen molar-refractivity contribution in [1.29, 1.82) is 0 Å². The van der Waals surface area contributed by atoms with Gasteiger partial charge in [0.2, 0.25) is 10.4 Å². The van der Waals surface area contributed by atoms with Crippen LogP contribution in [0.5, 0.6) is 0 Å². The smallest absolute Gasteiger partial charge is 0.726 e. The van der Waals surface area contributed by atoms with Crippen molar-refractivity contribution in [3.8, 4) is 0 Å². The Morgan fingerprint density at radius 2 is 0.976 bits per heavy atom. The summed E-state index contributed by atoms with van der Waals surface area (Å²) in [4.78, 5) is 79.5. The van der Waals surface area contributed by atoms with E-state index in [-0.39, 0.29) is 134 Å². The van der Waals surface area contributed by atoms with Crippen LogP contribution in [0.2, 0.25) is 0 Å². The Kier molecular flexibility index (Phi) is 59.3. The molecule has 7 unspecified atom stereocenters. The summed E-state index contributed by atoms with van der Waals surface area (Å²) >= 11 is 5.46. The largest absolute Gasteiger partial charge is 1.00 e. The molecule has 1 heterocycles. The third-order valence-electron chi connectivity index (χ3n) is 11.1. The first kappa shape index (κ1) is 90.3. The summed E-state index contributed by atoms with van der Waals surface area (Å²) in [5.41, 5.74) is 0.279. The summed E-state index contributed by atoms with van der Waals surface area (Å²) in [5.74, 6) is -0.451. The maximum absolute atomic E-state index is 11.8. The molecule has 85 heavy (non-hydrogen) atoms. The number of rotatable bonds is 38. The summed E-state index contributed by atoms with van der Waals surface area (Å²) < 4.78 is 91.2. The molecule has 0 radical (unpaired) electrons. The van der Waals surface area contributed by atoms with Crippen LogP contribution in [0.1, 0.15) is 136 Å². The molecule has 0 aliphatic carbocycles. The number of ether oxygens (including phenoxy) is 11. The van der Waals surface area contributed by atoms with Crippen LogP contribution in [0.4, 0.5) is 14.4 Å². The molecule has 7 atom stereocenters. The van der Waals surface area contributed by atoms with E-state index in [0.29, 0.717) is 55.1 Å². The van der Waals surface area contributed by atoms with Crippen molar-refractivity contribution in [2.45, 2.75) is 160 Å². The minimum absolute atomic E-state index is 0. The molecule has 3 N–H and O–H groups in total. The number of hydrogen-bond donors (Lipinski definition) is 3. The molecule has 0 aromatic rings. The molecule has 1 aliphatic heterocycles.